The highest BCUT2D eigenvalue weighted by atomic mass is 35.5. The first-order valence-electron chi connectivity index (χ1n) is 9.54. The van der Waals surface area contributed by atoms with Crippen LogP contribution in [0.1, 0.15) is 5.56 Å². The molecule has 2 fully saturated rings. The zero-order chi connectivity index (χ0) is 21.5. The van der Waals surface area contributed by atoms with E-state index in [0.29, 0.717) is 23.0 Å². The Hall–Kier alpha value is -2.29. The molecule has 2 heterocycles. The fourth-order valence-electron chi connectivity index (χ4n) is 4.24. The van der Waals surface area contributed by atoms with Crippen LogP contribution in [0.15, 0.2) is 42.5 Å². The van der Waals surface area contributed by atoms with E-state index in [-0.39, 0.29) is 30.0 Å². The molecule has 1 amide bonds. The van der Waals surface area contributed by atoms with Crippen LogP contribution in [0.3, 0.4) is 0 Å². The predicted molar refractivity (Wildman–Crippen MR) is 115 cm³/mol. The lowest BCUT2D eigenvalue weighted by Gasteiger charge is -2.43. The minimum atomic E-state index is -3.27. The standard InChI is InChI=1S/C21H23ClN2O5S/c1-28-16-6-3-14(4-7-16)10-23-11-21(25)24(19-13-30(26,27)12-18(19)23)15-5-8-20(29-2)17(22)9-15/h3-9,18-19H,10-13H2,1-2H3/t18-,19-/m0/s1. The predicted octanol–water partition coefficient (Wildman–Crippen LogP) is 2.37. The first-order valence-corrected chi connectivity index (χ1v) is 11.7. The molecule has 0 saturated carbocycles. The highest BCUT2D eigenvalue weighted by Crippen LogP contribution is 2.36. The molecule has 2 atom stereocenters. The molecule has 4 rings (SSSR count). The molecule has 160 valence electrons. The highest BCUT2D eigenvalue weighted by molar-refractivity contribution is 7.91. The molecule has 0 spiro atoms. The summed E-state index contributed by atoms with van der Waals surface area (Å²) in [5.74, 6) is 1.07. The summed E-state index contributed by atoms with van der Waals surface area (Å²) in [5, 5.41) is 0.376. The zero-order valence-corrected chi connectivity index (χ0v) is 18.3. The molecule has 0 unspecified atom stereocenters. The van der Waals surface area contributed by atoms with Crippen molar-refractivity contribution in [3.63, 3.8) is 0 Å². The molecular formula is C21H23ClN2O5S. The maximum Gasteiger partial charge on any atom is 0.241 e. The number of nitrogens with zero attached hydrogens (tertiary/aromatic N) is 2. The van der Waals surface area contributed by atoms with Crippen molar-refractivity contribution < 1.29 is 22.7 Å². The summed E-state index contributed by atoms with van der Waals surface area (Å²) < 4.78 is 35.4. The number of anilines is 1. The van der Waals surface area contributed by atoms with Gasteiger partial charge in [0.25, 0.3) is 0 Å². The zero-order valence-electron chi connectivity index (χ0n) is 16.7. The summed E-state index contributed by atoms with van der Waals surface area (Å²) in [6.07, 6.45) is 0. The molecule has 2 aromatic rings. The van der Waals surface area contributed by atoms with E-state index in [1.165, 1.54) is 7.11 Å². The number of carbonyl (C=O) groups is 1. The molecule has 0 aromatic heterocycles. The van der Waals surface area contributed by atoms with Crippen LogP contribution in [0.25, 0.3) is 0 Å². The van der Waals surface area contributed by atoms with Gasteiger partial charge in [-0.3, -0.25) is 9.69 Å². The van der Waals surface area contributed by atoms with Crippen LogP contribution in [0.2, 0.25) is 5.02 Å². The molecule has 30 heavy (non-hydrogen) atoms. The molecule has 0 aliphatic carbocycles. The van der Waals surface area contributed by atoms with E-state index >= 15 is 0 Å². The average Bonchev–Trinajstić information content (AvgIpc) is 3.03. The van der Waals surface area contributed by atoms with Crippen molar-refractivity contribution in [1.29, 1.82) is 0 Å². The number of halogens is 1. The van der Waals surface area contributed by atoms with E-state index in [4.69, 9.17) is 21.1 Å². The molecular weight excluding hydrogens is 428 g/mol. The third kappa shape index (κ3) is 3.99. The SMILES string of the molecule is COc1ccc(CN2CC(=O)N(c3ccc(OC)c(Cl)c3)[C@H]3CS(=O)(=O)C[C@@H]32)cc1. The fourth-order valence-corrected chi connectivity index (χ4v) is 6.47. The van der Waals surface area contributed by atoms with Gasteiger partial charge in [-0.1, -0.05) is 23.7 Å². The maximum atomic E-state index is 13.1. The van der Waals surface area contributed by atoms with E-state index in [0.717, 1.165) is 11.3 Å². The Bertz CT molecular complexity index is 1060. The van der Waals surface area contributed by atoms with Crippen molar-refractivity contribution in [2.24, 2.45) is 0 Å². The van der Waals surface area contributed by atoms with Crippen molar-refractivity contribution in [3.05, 3.63) is 53.1 Å². The molecule has 7 nitrogen and oxygen atoms in total. The van der Waals surface area contributed by atoms with Gasteiger partial charge in [0.05, 0.1) is 43.3 Å². The van der Waals surface area contributed by atoms with Crippen molar-refractivity contribution >= 4 is 33.0 Å². The number of hydrogen-bond donors (Lipinski definition) is 0. The van der Waals surface area contributed by atoms with Gasteiger partial charge in [0, 0.05) is 18.3 Å². The number of rotatable bonds is 5. The summed E-state index contributed by atoms with van der Waals surface area (Å²) in [6, 6.07) is 11.9. The topological polar surface area (TPSA) is 76.2 Å². The highest BCUT2D eigenvalue weighted by Gasteiger charge is 2.49. The summed E-state index contributed by atoms with van der Waals surface area (Å²) in [5.41, 5.74) is 1.58. The number of carbonyl (C=O) groups excluding carboxylic acids is 1. The number of piperazine rings is 1. The molecule has 9 heteroatoms. The summed E-state index contributed by atoms with van der Waals surface area (Å²) in [6.45, 7) is 0.621. The Morgan fingerprint density at radius 3 is 2.37 bits per heavy atom. The number of amides is 1. The van der Waals surface area contributed by atoms with Crippen LogP contribution in [-0.4, -0.2) is 63.6 Å². The Labute approximate surface area is 181 Å². The van der Waals surface area contributed by atoms with Gasteiger partial charge in [-0.05, 0) is 35.9 Å². The molecule has 2 aromatic carbocycles. The quantitative estimate of drug-likeness (QED) is 0.696. The van der Waals surface area contributed by atoms with E-state index in [1.807, 2.05) is 29.2 Å². The van der Waals surface area contributed by atoms with Crippen molar-refractivity contribution in [3.8, 4) is 11.5 Å². The smallest absolute Gasteiger partial charge is 0.241 e. The number of fused-ring (bicyclic) bond motifs is 1. The van der Waals surface area contributed by atoms with Crippen LogP contribution < -0.4 is 14.4 Å². The number of methoxy groups -OCH3 is 2. The Morgan fingerprint density at radius 2 is 1.73 bits per heavy atom. The van der Waals surface area contributed by atoms with Gasteiger partial charge < -0.3 is 14.4 Å². The van der Waals surface area contributed by atoms with Gasteiger partial charge >= 0.3 is 0 Å². The lowest BCUT2D eigenvalue weighted by Crippen LogP contribution is -2.61. The van der Waals surface area contributed by atoms with Gasteiger partial charge in [-0.15, -0.1) is 0 Å². The maximum absolute atomic E-state index is 13.1. The van der Waals surface area contributed by atoms with Gasteiger partial charge in [-0.2, -0.15) is 0 Å². The van der Waals surface area contributed by atoms with E-state index in [9.17, 15) is 13.2 Å². The third-order valence-corrected chi connectivity index (χ3v) is 7.65. The van der Waals surface area contributed by atoms with Crippen LogP contribution in [0, 0.1) is 0 Å². The van der Waals surface area contributed by atoms with E-state index < -0.39 is 15.9 Å². The molecule has 2 aliphatic rings. The second kappa shape index (κ2) is 8.09. The number of hydrogen-bond acceptors (Lipinski definition) is 6. The Balaban J connectivity index is 1.64. The van der Waals surface area contributed by atoms with Gasteiger partial charge in [0.15, 0.2) is 9.84 Å². The van der Waals surface area contributed by atoms with Crippen LogP contribution in [0.4, 0.5) is 5.69 Å². The van der Waals surface area contributed by atoms with E-state index in [1.54, 1.807) is 30.2 Å². The number of benzene rings is 2. The minimum Gasteiger partial charge on any atom is -0.497 e. The Kier molecular flexibility index (Phi) is 5.65. The first kappa shape index (κ1) is 21.0. The van der Waals surface area contributed by atoms with Crippen molar-refractivity contribution in [2.45, 2.75) is 18.6 Å². The van der Waals surface area contributed by atoms with Gasteiger partial charge in [-0.25, -0.2) is 8.42 Å². The molecule has 0 bridgehead atoms. The molecule has 0 N–H and O–H groups in total. The van der Waals surface area contributed by atoms with Gasteiger partial charge in [0.2, 0.25) is 5.91 Å². The summed E-state index contributed by atoms with van der Waals surface area (Å²) in [7, 11) is -0.144. The summed E-state index contributed by atoms with van der Waals surface area (Å²) in [4.78, 5) is 16.7. The number of ether oxygens (including phenoxy) is 2. The monoisotopic (exact) mass is 450 g/mol. The van der Waals surface area contributed by atoms with Crippen LogP contribution in [-0.2, 0) is 21.2 Å². The van der Waals surface area contributed by atoms with Crippen molar-refractivity contribution in [1.82, 2.24) is 4.90 Å². The van der Waals surface area contributed by atoms with Crippen molar-refractivity contribution in [2.75, 3.05) is 37.2 Å². The Morgan fingerprint density at radius 1 is 1.03 bits per heavy atom. The van der Waals surface area contributed by atoms with Crippen LogP contribution >= 0.6 is 11.6 Å². The summed E-state index contributed by atoms with van der Waals surface area (Å²) >= 11 is 6.25. The third-order valence-electron chi connectivity index (χ3n) is 5.66. The largest absolute Gasteiger partial charge is 0.497 e. The van der Waals surface area contributed by atoms with Crippen LogP contribution in [0.5, 0.6) is 11.5 Å². The molecule has 2 aliphatic heterocycles. The lowest BCUT2D eigenvalue weighted by atomic mass is 10.0. The molecule has 2 saturated heterocycles. The minimum absolute atomic E-state index is 0.0293. The second-order valence-corrected chi connectivity index (χ2v) is 10.1. The lowest BCUT2D eigenvalue weighted by molar-refractivity contribution is -0.123. The fraction of sp³-hybridized carbons (Fsp3) is 0.381. The average molecular weight is 451 g/mol. The first-order chi connectivity index (χ1) is 14.3. The number of sulfone groups is 1. The second-order valence-electron chi connectivity index (χ2n) is 7.55. The normalized spacial score (nSPS) is 23.3. The van der Waals surface area contributed by atoms with E-state index in [2.05, 4.69) is 0 Å². The molecule has 0 radical (unpaired) electrons. The van der Waals surface area contributed by atoms with Gasteiger partial charge in [0.1, 0.15) is 11.5 Å².